The van der Waals surface area contributed by atoms with Crippen molar-refractivity contribution in [2.24, 2.45) is 5.92 Å². The molecule has 3 aromatic rings. The summed E-state index contributed by atoms with van der Waals surface area (Å²) in [6.07, 6.45) is 2.49. The molecule has 2 N–H and O–H groups in total. The van der Waals surface area contributed by atoms with Crippen LogP contribution in [0.1, 0.15) is 40.7 Å². The number of nitrogens with zero attached hydrogens (tertiary/aromatic N) is 1. The van der Waals surface area contributed by atoms with Crippen molar-refractivity contribution in [2.75, 3.05) is 46.9 Å². The van der Waals surface area contributed by atoms with Crippen LogP contribution >= 0.6 is 0 Å². The van der Waals surface area contributed by atoms with Gasteiger partial charge in [-0.15, -0.1) is 0 Å². The van der Waals surface area contributed by atoms with Gasteiger partial charge >= 0.3 is 5.97 Å². The van der Waals surface area contributed by atoms with Crippen LogP contribution in [-0.4, -0.2) is 74.5 Å². The van der Waals surface area contributed by atoms with Crippen molar-refractivity contribution >= 4 is 11.9 Å². The van der Waals surface area contributed by atoms with Crippen molar-refractivity contribution < 1.29 is 33.4 Å². The van der Waals surface area contributed by atoms with E-state index in [0.29, 0.717) is 34.7 Å². The summed E-state index contributed by atoms with van der Waals surface area (Å²) in [5.41, 5.74) is -0.410. The summed E-state index contributed by atoms with van der Waals surface area (Å²) < 4.78 is 17.6. The number of rotatable bonds is 11. The lowest BCUT2D eigenvalue weighted by molar-refractivity contribution is -0.946. The van der Waals surface area contributed by atoms with Gasteiger partial charge in [-0.1, -0.05) is 60.7 Å². The molecule has 8 heteroatoms. The van der Waals surface area contributed by atoms with E-state index in [4.69, 9.17) is 14.2 Å². The highest BCUT2D eigenvalue weighted by molar-refractivity contribution is 5.95. The van der Waals surface area contributed by atoms with Crippen LogP contribution in [0, 0.1) is 5.92 Å². The third-order valence-corrected chi connectivity index (χ3v) is 8.69. The maximum absolute atomic E-state index is 13.7. The molecule has 0 aromatic heterocycles. The highest BCUT2D eigenvalue weighted by atomic mass is 16.6. The molecule has 3 saturated heterocycles. The van der Waals surface area contributed by atoms with Crippen molar-refractivity contribution in [1.29, 1.82) is 0 Å². The monoisotopic (exact) mass is 559 g/mol. The SMILES string of the molecule is COc1cc(OC)cc(C(=O)NCCC[N+]23CCC(CC2)[C@@H](OC(=O)C(O)(c2ccccc2)c2ccccc2)C3)c1. The maximum atomic E-state index is 13.7. The molecule has 1 amide bonds. The van der Waals surface area contributed by atoms with E-state index < -0.39 is 11.6 Å². The number of ether oxygens (including phenoxy) is 3. The quantitative estimate of drug-likeness (QED) is 0.210. The Morgan fingerprint density at radius 3 is 2.00 bits per heavy atom. The number of fused-ring (bicyclic) bond motifs is 3. The molecule has 0 saturated carbocycles. The number of hydrogen-bond donors (Lipinski definition) is 2. The van der Waals surface area contributed by atoms with Gasteiger partial charge in [0, 0.05) is 43.4 Å². The molecule has 216 valence electrons. The molecule has 41 heavy (non-hydrogen) atoms. The molecule has 3 fully saturated rings. The van der Waals surface area contributed by atoms with Crippen molar-refractivity contribution in [3.8, 4) is 11.5 Å². The molecular formula is C33H39N2O6+. The lowest BCUT2D eigenvalue weighted by Crippen LogP contribution is -2.65. The standard InChI is InChI=1S/C33H38N2O6/c1-39-28-20-25(21-29(22-28)40-2)31(36)34-16-9-17-35-18-14-24(15-19-35)30(23-35)41-32(37)33(38,26-10-5-3-6-11-26)27-12-7-4-8-13-27/h3-8,10-13,20-22,24,30,38H,9,14-19,23H2,1-2H3/p+1/t24?,30-,35?/m0/s1. The molecule has 3 aliphatic rings. The molecule has 0 radical (unpaired) electrons. The van der Waals surface area contributed by atoms with Crippen LogP contribution in [0.4, 0.5) is 0 Å². The third kappa shape index (κ3) is 6.09. The summed E-state index contributed by atoms with van der Waals surface area (Å²) in [4.78, 5) is 26.5. The van der Waals surface area contributed by atoms with Gasteiger partial charge in [-0.3, -0.25) is 4.79 Å². The summed E-state index contributed by atoms with van der Waals surface area (Å²) in [6.45, 7) is 4.19. The van der Waals surface area contributed by atoms with Crippen LogP contribution < -0.4 is 14.8 Å². The first-order valence-corrected chi connectivity index (χ1v) is 14.3. The molecule has 0 unspecified atom stereocenters. The Labute approximate surface area is 241 Å². The lowest BCUT2D eigenvalue weighted by Gasteiger charge is -2.52. The summed E-state index contributed by atoms with van der Waals surface area (Å²) >= 11 is 0. The number of nitrogens with one attached hydrogen (secondary N) is 1. The minimum absolute atomic E-state index is 0.174. The zero-order valence-electron chi connectivity index (χ0n) is 23.8. The summed E-state index contributed by atoms with van der Waals surface area (Å²) in [6, 6.07) is 23.1. The van der Waals surface area contributed by atoms with Gasteiger partial charge in [-0.25, -0.2) is 4.79 Å². The van der Waals surface area contributed by atoms with Crippen LogP contribution in [0.2, 0.25) is 0 Å². The first-order chi connectivity index (χ1) is 19.9. The molecule has 3 heterocycles. The lowest BCUT2D eigenvalue weighted by atomic mass is 9.82. The minimum atomic E-state index is -1.88. The summed E-state index contributed by atoms with van der Waals surface area (Å²) in [5, 5.41) is 14.9. The topological polar surface area (TPSA) is 94.1 Å². The second-order valence-corrected chi connectivity index (χ2v) is 11.1. The van der Waals surface area contributed by atoms with E-state index in [2.05, 4.69) is 5.32 Å². The maximum Gasteiger partial charge on any atom is 0.348 e. The van der Waals surface area contributed by atoms with Crippen LogP contribution in [0.15, 0.2) is 78.9 Å². The summed E-state index contributed by atoms with van der Waals surface area (Å²) in [7, 11) is 3.11. The number of piperidine rings is 3. The van der Waals surface area contributed by atoms with E-state index in [0.717, 1.165) is 49.9 Å². The summed E-state index contributed by atoms with van der Waals surface area (Å²) in [5.74, 6) is 0.616. The van der Waals surface area contributed by atoms with Gasteiger partial charge in [0.25, 0.3) is 5.91 Å². The zero-order chi connectivity index (χ0) is 28.9. The van der Waals surface area contributed by atoms with Crippen molar-refractivity contribution in [3.63, 3.8) is 0 Å². The highest BCUT2D eigenvalue weighted by Gasteiger charge is 2.50. The van der Waals surface area contributed by atoms with Gasteiger partial charge in [0.05, 0.1) is 33.9 Å². The molecular weight excluding hydrogens is 520 g/mol. The van der Waals surface area contributed by atoms with E-state index in [1.54, 1.807) is 56.7 Å². The van der Waals surface area contributed by atoms with E-state index in [1.807, 2.05) is 36.4 Å². The average molecular weight is 560 g/mol. The minimum Gasteiger partial charge on any atom is -0.497 e. The number of carbonyl (C=O) groups is 2. The van der Waals surface area contributed by atoms with Crippen LogP contribution in [-0.2, 0) is 15.1 Å². The largest absolute Gasteiger partial charge is 0.497 e. The fourth-order valence-corrected chi connectivity index (χ4v) is 6.31. The van der Waals surface area contributed by atoms with Crippen LogP contribution in [0.25, 0.3) is 0 Å². The van der Waals surface area contributed by atoms with Gasteiger partial charge in [0.1, 0.15) is 18.0 Å². The molecule has 0 spiro atoms. The second-order valence-electron chi connectivity index (χ2n) is 11.1. The van der Waals surface area contributed by atoms with E-state index in [1.165, 1.54) is 0 Å². The Morgan fingerprint density at radius 1 is 0.902 bits per heavy atom. The van der Waals surface area contributed by atoms with E-state index >= 15 is 0 Å². The fraction of sp³-hybridized carbons (Fsp3) is 0.394. The van der Waals surface area contributed by atoms with Gasteiger partial charge < -0.3 is 29.1 Å². The van der Waals surface area contributed by atoms with Gasteiger partial charge in [-0.05, 0) is 23.3 Å². The Morgan fingerprint density at radius 2 is 1.46 bits per heavy atom. The molecule has 6 rings (SSSR count). The molecule has 8 nitrogen and oxygen atoms in total. The molecule has 2 bridgehead atoms. The van der Waals surface area contributed by atoms with E-state index in [-0.39, 0.29) is 17.9 Å². The predicted molar refractivity (Wildman–Crippen MR) is 155 cm³/mol. The number of esters is 1. The molecule has 1 atom stereocenters. The van der Waals surface area contributed by atoms with Crippen molar-refractivity contribution in [2.45, 2.75) is 31.0 Å². The zero-order valence-corrected chi connectivity index (χ0v) is 23.8. The Bertz CT molecular complexity index is 1280. The number of aliphatic hydroxyl groups is 1. The Balaban J connectivity index is 1.22. The van der Waals surface area contributed by atoms with Crippen molar-refractivity contribution in [3.05, 3.63) is 95.6 Å². The third-order valence-electron chi connectivity index (χ3n) is 8.69. The van der Waals surface area contributed by atoms with Gasteiger partial charge in [-0.2, -0.15) is 0 Å². The molecule has 3 aromatic carbocycles. The Kier molecular flexibility index (Phi) is 8.61. The van der Waals surface area contributed by atoms with Crippen LogP contribution in [0.3, 0.4) is 0 Å². The first kappa shape index (κ1) is 28.6. The van der Waals surface area contributed by atoms with E-state index in [9.17, 15) is 14.7 Å². The second kappa shape index (κ2) is 12.3. The smallest absolute Gasteiger partial charge is 0.348 e. The number of quaternary nitrogens is 1. The highest BCUT2D eigenvalue weighted by Crippen LogP contribution is 2.38. The number of methoxy groups -OCH3 is 2. The van der Waals surface area contributed by atoms with Crippen LogP contribution in [0.5, 0.6) is 11.5 Å². The fourth-order valence-electron chi connectivity index (χ4n) is 6.31. The number of benzene rings is 3. The van der Waals surface area contributed by atoms with Crippen molar-refractivity contribution in [1.82, 2.24) is 5.32 Å². The number of carbonyl (C=O) groups excluding carboxylic acids is 2. The number of hydrogen-bond acceptors (Lipinski definition) is 6. The van der Waals surface area contributed by atoms with Gasteiger partial charge in [0.2, 0.25) is 5.60 Å². The predicted octanol–water partition coefficient (Wildman–Crippen LogP) is 3.91. The first-order valence-electron chi connectivity index (χ1n) is 14.3. The molecule has 0 aliphatic carbocycles. The molecule has 3 aliphatic heterocycles. The average Bonchev–Trinajstić information content (AvgIpc) is 3.03. The van der Waals surface area contributed by atoms with Gasteiger partial charge in [0.15, 0.2) is 6.10 Å². The Hall–Kier alpha value is -3.88. The number of amides is 1. The normalized spacial score (nSPS) is 21.6.